The number of halogens is 1. The first-order chi connectivity index (χ1) is 10.1. The van der Waals surface area contributed by atoms with Gasteiger partial charge in [0.2, 0.25) is 0 Å². The third kappa shape index (κ3) is 6.16. The molecule has 0 aromatic rings. The van der Waals surface area contributed by atoms with Crippen LogP contribution in [0.4, 0.5) is 4.39 Å². The monoisotopic (exact) mass is 290 g/mol. The van der Waals surface area contributed by atoms with Crippen molar-refractivity contribution in [2.45, 2.75) is 52.4 Å². The number of hydrogen-bond acceptors (Lipinski definition) is 1. The summed E-state index contributed by atoms with van der Waals surface area (Å²) in [5.74, 6) is 0.421. The summed E-state index contributed by atoms with van der Waals surface area (Å²) in [5.41, 5.74) is 1.33. The van der Waals surface area contributed by atoms with E-state index in [-0.39, 0.29) is 11.6 Å². The lowest BCUT2D eigenvalue weighted by atomic mass is 9.86. The first-order valence-corrected chi connectivity index (χ1v) is 7.83. The van der Waals surface area contributed by atoms with Crippen molar-refractivity contribution in [1.82, 2.24) is 0 Å². The normalized spacial score (nSPS) is 19.3. The van der Waals surface area contributed by atoms with Gasteiger partial charge in [0.05, 0.1) is 0 Å². The van der Waals surface area contributed by atoms with E-state index in [1.165, 1.54) is 38.2 Å². The lowest BCUT2D eigenvalue weighted by Gasteiger charge is -2.20. The van der Waals surface area contributed by atoms with Crippen LogP contribution in [0.5, 0.6) is 0 Å². The standard InChI is InChI=1S/C19H27FO/c1-4-17(13-11-15(3)21)18(5-2)19(20)14-12-16-9-7-6-8-10-16/h4-5,11,13-14,16,21H,3,6-10,12H2,1-2H3/b13-11-,17-4+,18-5-,19-14+. The molecule has 1 aliphatic rings. The van der Waals surface area contributed by atoms with E-state index < -0.39 is 0 Å². The Morgan fingerprint density at radius 3 is 2.33 bits per heavy atom. The number of aliphatic hydroxyl groups excluding tert-OH is 1. The maximum Gasteiger partial charge on any atom is 0.126 e. The molecule has 1 N–H and O–H groups in total. The molecule has 1 fully saturated rings. The van der Waals surface area contributed by atoms with Crippen molar-refractivity contribution in [2.24, 2.45) is 5.92 Å². The number of hydrogen-bond donors (Lipinski definition) is 1. The second-order valence-electron chi connectivity index (χ2n) is 5.56. The van der Waals surface area contributed by atoms with Crippen LogP contribution in [0.15, 0.2) is 59.7 Å². The molecule has 2 heteroatoms. The molecule has 0 heterocycles. The Labute approximate surface area is 128 Å². The second-order valence-corrected chi connectivity index (χ2v) is 5.56. The van der Waals surface area contributed by atoms with Crippen LogP contribution in [0, 0.1) is 5.92 Å². The zero-order valence-electron chi connectivity index (χ0n) is 13.2. The fourth-order valence-corrected chi connectivity index (χ4v) is 2.77. The molecule has 0 spiro atoms. The van der Waals surface area contributed by atoms with Crippen molar-refractivity contribution in [3.05, 3.63) is 59.7 Å². The third-order valence-corrected chi connectivity index (χ3v) is 3.98. The maximum atomic E-state index is 14.4. The topological polar surface area (TPSA) is 20.2 Å². The molecule has 0 saturated heterocycles. The van der Waals surface area contributed by atoms with Crippen molar-refractivity contribution in [2.75, 3.05) is 0 Å². The van der Waals surface area contributed by atoms with E-state index in [1.807, 2.05) is 19.9 Å². The van der Waals surface area contributed by atoms with E-state index in [1.54, 1.807) is 18.2 Å². The van der Waals surface area contributed by atoms with Crippen LogP contribution in [0.3, 0.4) is 0 Å². The Kier molecular flexibility index (Phi) is 7.81. The fraction of sp³-hybridized carbons (Fsp3) is 0.474. The van der Waals surface area contributed by atoms with Gasteiger partial charge in [0.1, 0.15) is 11.6 Å². The zero-order valence-corrected chi connectivity index (χ0v) is 13.2. The van der Waals surface area contributed by atoms with Crippen LogP contribution in [0.25, 0.3) is 0 Å². The van der Waals surface area contributed by atoms with Crippen molar-refractivity contribution >= 4 is 0 Å². The average Bonchev–Trinajstić information content (AvgIpc) is 2.49. The molecular formula is C19H27FO. The van der Waals surface area contributed by atoms with E-state index in [2.05, 4.69) is 6.58 Å². The minimum absolute atomic E-state index is 0.0311. The molecule has 0 aliphatic heterocycles. The Morgan fingerprint density at radius 1 is 1.14 bits per heavy atom. The summed E-state index contributed by atoms with van der Waals surface area (Å²) in [6, 6.07) is 0. The van der Waals surface area contributed by atoms with E-state index in [9.17, 15) is 4.39 Å². The van der Waals surface area contributed by atoms with Gasteiger partial charge >= 0.3 is 0 Å². The molecule has 1 saturated carbocycles. The van der Waals surface area contributed by atoms with E-state index in [0.29, 0.717) is 11.5 Å². The summed E-state index contributed by atoms with van der Waals surface area (Å²) in [7, 11) is 0. The highest BCUT2D eigenvalue weighted by Gasteiger charge is 2.13. The summed E-state index contributed by atoms with van der Waals surface area (Å²) in [4.78, 5) is 0. The molecule has 1 nitrogen and oxygen atoms in total. The van der Waals surface area contributed by atoms with Gasteiger partial charge in [-0.05, 0) is 43.9 Å². The van der Waals surface area contributed by atoms with Crippen molar-refractivity contribution in [3.8, 4) is 0 Å². The van der Waals surface area contributed by atoms with Crippen LogP contribution < -0.4 is 0 Å². The number of allylic oxidation sites excluding steroid dienone is 8. The van der Waals surface area contributed by atoms with Gasteiger partial charge in [-0.3, -0.25) is 0 Å². The highest BCUT2D eigenvalue weighted by molar-refractivity contribution is 5.49. The Morgan fingerprint density at radius 2 is 1.81 bits per heavy atom. The lowest BCUT2D eigenvalue weighted by Crippen LogP contribution is -2.05. The van der Waals surface area contributed by atoms with Gasteiger partial charge in [-0.1, -0.05) is 56.9 Å². The lowest BCUT2D eigenvalue weighted by molar-refractivity contribution is 0.359. The first kappa shape index (κ1) is 17.5. The van der Waals surface area contributed by atoms with Crippen LogP contribution in [0.1, 0.15) is 52.4 Å². The zero-order chi connectivity index (χ0) is 15.7. The molecule has 21 heavy (non-hydrogen) atoms. The molecular weight excluding hydrogens is 263 g/mol. The quantitative estimate of drug-likeness (QED) is 0.447. The van der Waals surface area contributed by atoms with E-state index in [4.69, 9.17) is 5.11 Å². The molecule has 0 aromatic carbocycles. The Balaban J connectivity index is 2.75. The summed E-state index contributed by atoms with van der Waals surface area (Å²) >= 11 is 0. The molecule has 0 aromatic heterocycles. The predicted octanol–water partition coefficient (Wildman–Crippen LogP) is 6.33. The minimum Gasteiger partial charge on any atom is -0.509 e. The van der Waals surface area contributed by atoms with E-state index in [0.717, 1.165) is 12.0 Å². The number of rotatable bonds is 6. The van der Waals surface area contributed by atoms with Crippen LogP contribution in [0.2, 0.25) is 0 Å². The van der Waals surface area contributed by atoms with Gasteiger partial charge in [0, 0.05) is 5.57 Å². The first-order valence-electron chi connectivity index (χ1n) is 7.83. The fourth-order valence-electron chi connectivity index (χ4n) is 2.77. The number of aliphatic hydroxyl groups is 1. The molecule has 0 atom stereocenters. The molecule has 0 radical (unpaired) electrons. The predicted molar refractivity (Wildman–Crippen MR) is 88.8 cm³/mol. The molecule has 1 rings (SSSR count). The molecule has 0 amide bonds. The van der Waals surface area contributed by atoms with Crippen molar-refractivity contribution in [1.29, 1.82) is 0 Å². The van der Waals surface area contributed by atoms with Crippen molar-refractivity contribution in [3.63, 3.8) is 0 Å². The third-order valence-electron chi connectivity index (χ3n) is 3.98. The van der Waals surface area contributed by atoms with Crippen LogP contribution >= 0.6 is 0 Å². The average molecular weight is 290 g/mol. The van der Waals surface area contributed by atoms with Gasteiger partial charge < -0.3 is 5.11 Å². The Bertz CT molecular complexity index is 460. The van der Waals surface area contributed by atoms with Gasteiger partial charge in [-0.2, -0.15) is 0 Å². The molecule has 1 aliphatic carbocycles. The smallest absolute Gasteiger partial charge is 0.126 e. The SMILES string of the molecule is C=C(O)\C=C/C(=C\C)C(=C/C)/C(F)=C\CC1CCCCC1. The Hall–Kier alpha value is -1.57. The summed E-state index contributed by atoms with van der Waals surface area (Å²) in [6.45, 7) is 7.09. The minimum atomic E-state index is -0.177. The van der Waals surface area contributed by atoms with Crippen molar-refractivity contribution < 1.29 is 9.50 Å². The molecule has 116 valence electrons. The highest BCUT2D eigenvalue weighted by atomic mass is 19.1. The van der Waals surface area contributed by atoms with Gasteiger partial charge in [0.25, 0.3) is 0 Å². The second kappa shape index (κ2) is 9.38. The molecule has 0 bridgehead atoms. The van der Waals surface area contributed by atoms with Gasteiger partial charge in [0.15, 0.2) is 0 Å². The van der Waals surface area contributed by atoms with E-state index >= 15 is 0 Å². The summed E-state index contributed by atoms with van der Waals surface area (Å²) in [5, 5.41) is 9.13. The maximum absolute atomic E-state index is 14.4. The molecule has 0 unspecified atom stereocenters. The van der Waals surface area contributed by atoms with Crippen LogP contribution in [-0.2, 0) is 0 Å². The highest BCUT2D eigenvalue weighted by Crippen LogP contribution is 2.29. The van der Waals surface area contributed by atoms with Crippen LogP contribution in [-0.4, -0.2) is 5.11 Å². The van der Waals surface area contributed by atoms with Gasteiger partial charge in [-0.15, -0.1) is 0 Å². The largest absolute Gasteiger partial charge is 0.509 e. The van der Waals surface area contributed by atoms with Gasteiger partial charge in [-0.25, -0.2) is 4.39 Å². The summed E-state index contributed by atoms with van der Waals surface area (Å²) < 4.78 is 14.4. The summed E-state index contributed by atoms with van der Waals surface area (Å²) in [6.07, 6.45) is 15.6.